The second-order valence-electron chi connectivity index (χ2n) is 4.57. The SMILES string of the molecule is CC(c1ccncc1)N(CCC(=O)O)C1CC1. The van der Waals surface area contributed by atoms with Crippen LogP contribution in [0, 0.1) is 0 Å². The van der Waals surface area contributed by atoms with Crippen molar-refractivity contribution in [3.63, 3.8) is 0 Å². The van der Waals surface area contributed by atoms with Crippen LogP contribution in [0.5, 0.6) is 0 Å². The molecule has 1 aromatic heterocycles. The van der Waals surface area contributed by atoms with E-state index in [0.717, 1.165) is 0 Å². The van der Waals surface area contributed by atoms with Crippen molar-refractivity contribution in [2.24, 2.45) is 0 Å². The van der Waals surface area contributed by atoms with Crippen molar-refractivity contribution in [1.29, 1.82) is 0 Å². The van der Waals surface area contributed by atoms with Crippen LogP contribution < -0.4 is 0 Å². The van der Waals surface area contributed by atoms with Gasteiger partial charge in [-0.2, -0.15) is 0 Å². The predicted molar refractivity (Wildman–Crippen MR) is 64.6 cm³/mol. The molecule has 0 radical (unpaired) electrons. The minimum absolute atomic E-state index is 0.214. The van der Waals surface area contributed by atoms with Gasteiger partial charge in [-0.25, -0.2) is 0 Å². The normalized spacial score (nSPS) is 17.1. The second kappa shape index (κ2) is 5.27. The number of hydrogen-bond acceptors (Lipinski definition) is 3. The first-order valence-electron chi connectivity index (χ1n) is 6.06. The highest BCUT2D eigenvalue weighted by Gasteiger charge is 2.32. The third-order valence-corrected chi connectivity index (χ3v) is 3.29. The van der Waals surface area contributed by atoms with E-state index in [2.05, 4.69) is 16.8 Å². The lowest BCUT2D eigenvalue weighted by molar-refractivity contribution is -0.137. The zero-order chi connectivity index (χ0) is 12.3. The van der Waals surface area contributed by atoms with E-state index >= 15 is 0 Å². The zero-order valence-electron chi connectivity index (χ0n) is 10.0. The zero-order valence-corrected chi connectivity index (χ0v) is 10.0. The molecular formula is C13H18N2O2. The summed E-state index contributed by atoms with van der Waals surface area (Å²) < 4.78 is 0. The molecule has 0 aliphatic heterocycles. The maximum Gasteiger partial charge on any atom is 0.304 e. The minimum Gasteiger partial charge on any atom is -0.481 e. The number of hydrogen-bond donors (Lipinski definition) is 1. The molecule has 1 heterocycles. The highest BCUT2D eigenvalue weighted by molar-refractivity contribution is 5.66. The quantitative estimate of drug-likeness (QED) is 0.818. The van der Waals surface area contributed by atoms with Crippen LogP contribution in [0.15, 0.2) is 24.5 Å². The molecule has 4 nitrogen and oxygen atoms in total. The van der Waals surface area contributed by atoms with Crippen LogP contribution in [0.3, 0.4) is 0 Å². The molecule has 1 atom stereocenters. The standard InChI is InChI=1S/C13H18N2O2/c1-10(11-4-7-14-8-5-11)15(12-2-3-12)9-6-13(16)17/h4-5,7-8,10,12H,2-3,6,9H2,1H3,(H,16,17). The van der Waals surface area contributed by atoms with E-state index in [1.165, 1.54) is 18.4 Å². The first-order chi connectivity index (χ1) is 8.18. The summed E-state index contributed by atoms with van der Waals surface area (Å²) in [4.78, 5) is 17.0. The Kier molecular flexibility index (Phi) is 3.74. The molecule has 17 heavy (non-hydrogen) atoms. The predicted octanol–water partition coefficient (Wildman–Crippen LogP) is 2.08. The summed E-state index contributed by atoms with van der Waals surface area (Å²) in [5.74, 6) is -0.724. The lowest BCUT2D eigenvalue weighted by Crippen LogP contribution is -2.31. The number of rotatable bonds is 6. The van der Waals surface area contributed by atoms with Gasteiger partial charge in [-0.3, -0.25) is 14.7 Å². The third-order valence-electron chi connectivity index (χ3n) is 3.29. The molecule has 1 fully saturated rings. The highest BCUT2D eigenvalue weighted by Crippen LogP contribution is 2.34. The van der Waals surface area contributed by atoms with E-state index in [-0.39, 0.29) is 12.5 Å². The fraction of sp³-hybridized carbons (Fsp3) is 0.538. The topological polar surface area (TPSA) is 53.4 Å². The number of aromatic nitrogens is 1. The summed E-state index contributed by atoms with van der Waals surface area (Å²) in [5, 5.41) is 8.78. The molecule has 1 aromatic rings. The van der Waals surface area contributed by atoms with Crippen LogP contribution in [-0.2, 0) is 4.79 Å². The summed E-state index contributed by atoms with van der Waals surface area (Å²) in [6, 6.07) is 4.84. The van der Waals surface area contributed by atoms with E-state index in [0.29, 0.717) is 12.6 Å². The van der Waals surface area contributed by atoms with Crippen LogP contribution >= 0.6 is 0 Å². The van der Waals surface area contributed by atoms with E-state index < -0.39 is 5.97 Å². The first kappa shape index (κ1) is 12.0. The molecule has 0 aromatic carbocycles. The number of carbonyl (C=O) groups is 1. The van der Waals surface area contributed by atoms with E-state index in [1.54, 1.807) is 12.4 Å². The molecular weight excluding hydrogens is 216 g/mol. The number of carboxylic acids is 1. The van der Waals surface area contributed by atoms with Gasteiger partial charge in [0.1, 0.15) is 0 Å². The molecule has 2 rings (SSSR count). The molecule has 92 valence electrons. The van der Waals surface area contributed by atoms with Gasteiger partial charge in [0.25, 0.3) is 0 Å². The molecule has 1 saturated carbocycles. The molecule has 0 spiro atoms. The number of nitrogens with zero attached hydrogens (tertiary/aromatic N) is 2. The largest absolute Gasteiger partial charge is 0.481 e. The van der Waals surface area contributed by atoms with Crippen molar-refractivity contribution in [3.05, 3.63) is 30.1 Å². The van der Waals surface area contributed by atoms with Gasteiger partial charge in [0.2, 0.25) is 0 Å². The number of aliphatic carboxylic acids is 1. The van der Waals surface area contributed by atoms with E-state index in [1.807, 2.05) is 12.1 Å². The van der Waals surface area contributed by atoms with Crippen LogP contribution in [0.4, 0.5) is 0 Å². The number of pyridine rings is 1. The summed E-state index contributed by atoms with van der Waals surface area (Å²) in [7, 11) is 0. The van der Waals surface area contributed by atoms with Gasteiger partial charge in [-0.15, -0.1) is 0 Å². The molecule has 0 saturated heterocycles. The van der Waals surface area contributed by atoms with Gasteiger partial charge in [0, 0.05) is 31.0 Å². The van der Waals surface area contributed by atoms with E-state index in [9.17, 15) is 4.79 Å². The van der Waals surface area contributed by atoms with Gasteiger partial charge in [-0.05, 0) is 37.5 Å². The van der Waals surface area contributed by atoms with Crippen LogP contribution in [0.25, 0.3) is 0 Å². The molecule has 1 N–H and O–H groups in total. The monoisotopic (exact) mass is 234 g/mol. The Bertz CT molecular complexity index is 376. The van der Waals surface area contributed by atoms with Gasteiger partial charge in [-0.1, -0.05) is 0 Å². The lowest BCUT2D eigenvalue weighted by atomic mass is 10.1. The van der Waals surface area contributed by atoms with Crippen molar-refractivity contribution < 1.29 is 9.90 Å². The van der Waals surface area contributed by atoms with E-state index in [4.69, 9.17) is 5.11 Å². The van der Waals surface area contributed by atoms with Crippen molar-refractivity contribution in [2.75, 3.05) is 6.54 Å². The molecule has 0 bridgehead atoms. The van der Waals surface area contributed by atoms with Crippen molar-refractivity contribution in [3.8, 4) is 0 Å². The maximum atomic E-state index is 10.7. The van der Waals surface area contributed by atoms with Gasteiger partial charge in [0.05, 0.1) is 6.42 Å². The fourth-order valence-electron chi connectivity index (χ4n) is 2.16. The summed E-state index contributed by atoms with van der Waals surface area (Å²) in [5.41, 5.74) is 1.21. The third kappa shape index (κ3) is 3.27. The van der Waals surface area contributed by atoms with Crippen LogP contribution in [0.1, 0.15) is 37.8 Å². The van der Waals surface area contributed by atoms with Crippen LogP contribution in [-0.4, -0.2) is 33.5 Å². The highest BCUT2D eigenvalue weighted by atomic mass is 16.4. The van der Waals surface area contributed by atoms with Crippen LogP contribution in [0.2, 0.25) is 0 Å². The lowest BCUT2D eigenvalue weighted by Gasteiger charge is -2.28. The summed E-state index contributed by atoms with van der Waals surface area (Å²) >= 11 is 0. The van der Waals surface area contributed by atoms with Crippen molar-refractivity contribution in [2.45, 2.75) is 38.3 Å². The number of carboxylic acid groups (broad SMARTS) is 1. The summed E-state index contributed by atoms with van der Waals surface area (Å²) in [6.07, 6.45) is 6.16. The van der Waals surface area contributed by atoms with Gasteiger partial charge >= 0.3 is 5.97 Å². The van der Waals surface area contributed by atoms with Crippen molar-refractivity contribution in [1.82, 2.24) is 9.88 Å². The molecule has 1 aliphatic carbocycles. The van der Waals surface area contributed by atoms with Gasteiger partial charge < -0.3 is 5.11 Å². The first-order valence-corrected chi connectivity index (χ1v) is 6.06. The summed E-state index contributed by atoms with van der Waals surface area (Å²) in [6.45, 7) is 2.76. The maximum absolute atomic E-state index is 10.7. The minimum atomic E-state index is -0.724. The average Bonchev–Trinajstić information content (AvgIpc) is 3.14. The molecule has 4 heteroatoms. The Morgan fingerprint density at radius 2 is 2.18 bits per heavy atom. The Balaban J connectivity index is 2.02. The smallest absolute Gasteiger partial charge is 0.304 e. The Hall–Kier alpha value is -1.42. The van der Waals surface area contributed by atoms with Crippen molar-refractivity contribution >= 4 is 5.97 Å². The molecule has 1 unspecified atom stereocenters. The average molecular weight is 234 g/mol. The Morgan fingerprint density at radius 3 is 2.71 bits per heavy atom. The van der Waals surface area contributed by atoms with Gasteiger partial charge in [0.15, 0.2) is 0 Å². The molecule has 0 amide bonds. The second-order valence-corrected chi connectivity index (χ2v) is 4.57. The Labute approximate surface area is 101 Å². The fourth-order valence-corrected chi connectivity index (χ4v) is 2.16. The Morgan fingerprint density at radius 1 is 1.53 bits per heavy atom. The molecule has 1 aliphatic rings.